The number of hydrogen-bond donors (Lipinski definition) is 1. The van der Waals surface area contributed by atoms with Crippen LogP contribution < -0.4 is 10.9 Å². The Bertz CT molecular complexity index is 480. The van der Waals surface area contributed by atoms with E-state index in [1.807, 2.05) is 22.6 Å². The number of nitrogens with one attached hydrogen (secondary N) is 1. The Labute approximate surface area is 119 Å². The van der Waals surface area contributed by atoms with Crippen LogP contribution in [0.3, 0.4) is 0 Å². The SMILES string of the molecule is O=C(Cn1ncc(I)cc1=O)NC1CCCCC1. The zero-order valence-electron chi connectivity index (χ0n) is 10.1. The maximum atomic E-state index is 11.8. The van der Waals surface area contributed by atoms with Gasteiger partial charge in [-0.2, -0.15) is 5.10 Å². The molecule has 18 heavy (non-hydrogen) atoms. The van der Waals surface area contributed by atoms with E-state index >= 15 is 0 Å². The second kappa shape index (κ2) is 6.31. The predicted octanol–water partition coefficient (Wildman–Crippen LogP) is 1.30. The number of nitrogens with zero attached hydrogens (tertiary/aromatic N) is 2. The summed E-state index contributed by atoms with van der Waals surface area (Å²) in [6.45, 7) is 0.00620. The third-order valence-corrected chi connectivity index (χ3v) is 3.69. The first kappa shape index (κ1) is 13.5. The van der Waals surface area contributed by atoms with Gasteiger partial charge in [-0.25, -0.2) is 4.68 Å². The van der Waals surface area contributed by atoms with Crippen molar-refractivity contribution in [1.82, 2.24) is 15.1 Å². The summed E-state index contributed by atoms with van der Waals surface area (Å²) in [6, 6.07) is 1.74. The van der Waals surface area contributed by atoms with Crippen molar-refractivity contribution in [2.24, 2.45) is 0 Å². The van der Waals surface area contributed by atoms with Crippen LogP contribution in [0.4, 0.5) is 0 Å². The van der Waals surface area contributed by atoms with E-state index in [1.54, 1.807) is 6.20 Å². The Balaban J connectivity index is 1.92. The number of hydrogen-bond acceptors (Lipinski definition) is 3. The topological polar surface area (TPSA) is 64.0 Å². The first-order chi connectivity index (χ1) is 8.65. The van der Waals surface area contributed by atoms with Crippen molar-refractivity contribution in [3.05, 3.63) is 26.2 Å². The maximum Gasteiger partial charge on any atom is 0.268 e. The summed E-state index contributed by atoms with van der Waals surface area (Å²) >= 11 is 2.02. The summed E-state index contributed by atoms with van der Waals surface area (Å²) in [5.74, 6) is -0.127. The fourth-order valence-electron chi connectivity index (χ4n) is 2.19. The van der Waals surface area contributed by atoms with Gasteiger partial charge in [-0.1, -0.05) is 19.3 Å². The Morgan fingerprint density at radius 1 is 1.44 bits per heavy atom. The highest BCUT2D eigenvalue weighted by Gasteiger charge is 2.16. The average molecular weight is 361 g/mol. The second-order valence-electron chi connectivity index (χ2n) is 4.57. The van der Waals surface area contributed by atoms with Crippen LogP contribution in [-0.4, -0.2) is 21.7 Å². The van der Waals surface area contributed by atoms with Gasteiger partial charge in [0.05, 0.1) is 6.20 Å². The molecule has 0 unspecified atom stereocenters. The molecule has 0 bridgehead atoms. The van der Waals surface area contributed by atoms with E-state index in [0.29, 0.717) is 0 Å². The first-order valence-electron chi connectivity index (χ1n) is 6.17. The van der Waals surface area contributed by atoms with Gasteiger partial charge in [0.2, 0.25) is 5.91 Å². The molecule has 1 saturated carbocycles. The summed E-state index contributed by atoms with van der Waals surface area (Å²) in [5.41, 5.74) is -0.235. The monoisotopic (exact) mass is 361 g/mol. The van der Waals surface area contributed by atoms with Crippen molar-refractivity contribution >= 4 is 28.5 Å². The van der Waals surface area contributed by atoms with Crippen LogP contribution in [0.5, 0.6) is 0 Å². The fraction of sp³-hybridized carbons (Fsp3) is 0.583. The molecule has 98 valence electrons. The van der Waals surface area contributed by atoms with Crippen molar-refractivity contribution in [2.45, 2.75) is 44.7 Å². The minimum Gasteiger partial charge on any atom is -0.352 e. The molecule has 1 fully saturated rings. The minimum atomic E-state index is -0.235. The van der Waals surface area contributed by atoms with Gasteiger partial charge in [0.1, 0.15) is 6.54 Å². The van der Waals surface area contributed by atoms with Gasteiger partial charge < -0.3 is 5.32 Å². The molecule has 0 saturated heterocycles. The zero-order chi connectivity index (χ0) is 13.0. The summed E-state index contributed by atoms with van der Waals surface area (Å²) < 4.78 is 1.97. The van der Waals surface area contributed by atoms with Gasteiger partial charge in [-0.05, 0) is 35.4 Å². The molecular weight excluding hydrogens is 345 g/mol. The molecule has 0 aromatic carbocycles. The Kier molecular flexibility index (Phi) is 4.73. The molecule has 5 nitrogen and oxygen atoms in total. The summed E-state index contributed by atoms with van der Waals surface area (Å²) in [7, 11) is 0. The summed E-state index contributed by atoms with van der Waals surface area (Å²) in [4.78, 5) is 23.4. The number of halogens is 1. The van der Waals surface area contributed by atoms with Crippen LogP contribution in [0.25, 0.3) is 0 Å². The average Bonchev–Trinajstić information content (AvgIpc) is 2.34. The van der Waals surface area contributed by atoms with Crippen molar-refractivity contribution in [3.63, 3.8) is 0 Å². The first-order valence-corrected chi connectivity index (χ1v) is 7.25. The van der Waals surface area contributed by atoms with E-state index in [9.17, 15) is 9.59 Å². The molecule has 0 spiro atoms. The van der Waals surface area contributed by atoms with E-state index in [4.69, 9.17) is 0 Å². The summed E-state index contributed by atoms with van der Waals surface area (Å²) in [5, 5.41) is 6.92. The molecule has 1 aliphatic rings. The molecule has 0 atom stereocenters. The third-order valence-electron chi connectivity index (χ3n) is 3.10. The van der Waals surface area contributed by atoms with E-state index in [2.05, 4.69) is 10.4 Å². The lowest BCUT2D eigenvalue weighted by molar-refractivity contribution is -0.122. The Morgan fingerprint density at radius 2 is 2.17 bits per heavy atom. The van der Waals surface area contributed by atoms with Crippen LogP contribution in [-0.2, 0) is 11.3 Å². The molecule has 1 N–H and O–H groups in total. The van der Waals surface area contributed by atoms with Crippen molar-refractivity contribution in [2.75, 3.05) is 0 Å². The predicted molar refractivity (Wildman–Crippen MR) is 76.2 cm³/mol. The minimum absolute atomic E-state index is 0.00620. The second-order valence-corrected chi connectivity index (χ2v) is 5.82. The number of amides is 1. The Hall–Kier alpha value is -0.920. The highest BCUT2D eigenvalue weighted by molar-refractivity contribution is 14.1. The Morgan fingerprint density at radius 3 is 2.83 bits per heavy atom. The van der Waals surface area contributed by atoms with Crippen LogP contribution >= 0.6 is 22.6 Å². The third kappa shape index (κ3) is 3.79. The lowest BCUT2D eigenvalue weighted by Crippen LogP contribution is -2.40. The number of aromatic nitrogens is 2. The van der Waals surface area contributed by atoms with Crippen molar-refractivity contribution in [1.29, 1.82) is 0 Å². The molecular formula is C12H16IN3O2. The van der Waals surface area contributed by atoms with Gasteiger partial charge in [0.25, 0.3) is 5.56 Å². The molecule has 1 aromatic rings. The number of carbonyl (C=O) groups excluding carboxylic acids is 1. The smallest absolute Gasteiger partial charge is 0.268 e. The van der Waals surface area contributed by atoms with Gasteiger partial charge >= 0.3 is 0 Å². The molecule has 1 aromatic heterocycles. The van der Waals surface area contributed by atoms with Crippen molar-refractivity contribution < 1.29 is 4.79 Å². The number of carbonyl (C=O) groups is 1. The van der Waals surface area contributed by atoms with Gasteiger partial charge in [0.15, 0.2) is 0 Å². The van der Waals surface area contributed by atoms with E-state index in [-0.39, 0.29) is 24.1 Å². The van der Waals surface area contributed by atoms with Crippen molar-refractivity contribution in [3.8, 4) is 0 Å². The lowest BCUT2D eigenvalue weighted by atomic mass is 9.95. The quantitative estimate of drug-likeness (QED) is 0.826. The van der Waals surface area contributed by atoms with Gasteiger partial charge in [-0.15, -0.1) is 0 Å². The van der Waals surface area contributed by atoms with E-state index in [0.717, 1.165) is 16.4 Å². The number of rotatable bonds is 3. The molecule has 6 heteroatoms. The van der Waals surface area contributed by atoms with Crippen LogP contribution in [0.1, 0.15) is 32.1 Å². The van der Waals surface area contributed by atoms with E-state index in [1.165, 1.54) is 30.0 Å². The molecule has 2 rings (SSSR count). The highest BCUT2D eigenvalue weighted by atomic mass is 127. The largest absolute Gasteiger partial charge is 0.352 e. The molecule has 0 aliphatic heterocycles. The standard InChI is InChI=1S/C12H16IN3O2/c13-9-6-12(18)16(14-7-9)8-11(17)15-10-4-2-1-3-5-10/h6-7,10H,1-5,8H2,(H,15,17). The molecule has 0 radical (unpaired) electrons. The van der Waals surface area contributed by atoms with Gasteiger partial charge in [0, 0.05) is 15.7 Å². The van der Waals surface area contributed by atoms with Crippen LogP contribution in [0.15, 0.2) is 17.1 Å². The highest BCUT2D eigenvalue weighted by Crippen LogP contribution is 2.17. The fourth-order valence-corrected chi connectivity index (χ4v) is 2.58. The maximum absolute atomic E-state index is 11.8. The molecule has 1 aliphatic carbocycles. The summed E-state index contributed by atoms with van der Waals surface area (Å²) in [6.07, 6.45) is 7.27. The van der Waals surface area contributed by atoms with Crippen LogP contribution in [0, 0.1) is 3.57 Å². The molecule has 1 heterocycles. The van der Waals surface area contributed by atoms with E-state index < -0.39 is 0 Å². The lowest BCUT2D eigenvalue weighted by Gasteiger charge is -2.22. The van der Waals surface area contributed by atoms with Crippen LogP contribution in [0.2, 0.25) is 0 Å². The normalized spacial score (nSPS) is 16.5. The zero-order valence-corrected chi connectivity index (χ0v) is 12.2. The van der Waals surface area contributed by atoms with Gasteiger partial charge in [-0.3, -0.25) is 9.59 Å². The molecule has 1 amide bonds.